The van der Waals surface area contributed by atoms with Crippen LogP contribution in [0.5, 0.6) is 0 Å². The number of piperidine rings is 1. The lowest BCUT2D eigenvalue weighted by Gasteiger charge is -2.32. The molecule has 1 atom stereocenters. The fourth-order valence-corrected chi connectivity index (χ4v) is 4.59. The average Bonchev–Trinajstić information content (AvgIpc) is 3.48. The van der Waals surface area contributed by atoms with Crippen molar-refractivity contribution in [2.75, 3.05) is 39.8 Å². The number of hydrogen-bond donors (Lipinski definition) is 2. The minimum Gasteiger partial charge on any atom is -0.475 e. The number of carboxylic acid groups (broad SMARTS) is 1. The molecular formula is C24H28F3N7O5. The SMILES string of the molecule is CN1CCN(CCc2cn(-c3ccc4c(c3)CN(C3CCC(=O)NC3=O)C4=O)nn2)CC1.O=C(O)C(F)(F)F. The number of rotatable bonds is 5. The van der Waals surface area contributed by atoms with E-state index in [1.807, 2.05) is 18.3 Å². The number of carbonyl (C=O) groups excluding carboxylic acids is 3. The van der Waals surface area contributed by atoms with E-state index in [1.165, 1.54) is 0 Å². The number of fused-ring (bicyclic) bond motifs is 1. The smallest absolute Gasteiger partial charge is 0.475 e. The van der Waals surface area contributed by atoms with E-state index < -0.39 is 24.1 Å². The fraction of sp³-hybridized carbons (Fsp3) is 0.500. The van der Waals surface area contributed by atoms with Crippen LogP contribution in [0, 0.1) is 0 Å². The third-order valence-electron chi connectivity index (χ3n) is 6.84. The molecule has 2 aromatic rings. The van der Waals surface area contributed by atoms with Gasteiger partial charge in [0.15, 0.2) is 0 Å². The van der Waals surface area contributed by atoms with Crippen LogP contribution in [-0.4, -0.2) is 110 Å². The molecule has 15 heteroatoms. The second-order valence-corrected chi connectivity index (χ2v) is 9.59. The van der Waals surface area contributed by atoms with Crippen LogP contribution in [-0.2, 0) is 27.3 Å². The van der Waals surface area contributed by atoms with Crippen LogP contribution in [0.4, 0.5) is 13.2 Å². The van der Waals surface area contributed by atoms with Crippen molar-refractivity contribution in [3.05, 3.63) is 41.2 Å². The maximum atomic E-state index is 12.8. The number of likely N-dealkylation sites (N-methyl/N-ethyl adjacent to an activating group) is 1. The predicted molar refractivity (Wildman–Crippen MR) is 129 cm³/mol. The number of amides is 3. The lowest BCUT2D eigenvalue weighted by Crippen LogP contribution is -2.52. The lowest BCUT2D eigenvalue weighted by atomic mass is 10.0. The number of carbonyl (C=O) groups is 4. The largest absolute Gasteiger partial charge is 0.490 e. The van der Waals surface area contributed by atoms with Crippen molar-refractivity contribution in [2.24, 2.45) is 0 Å². The van der Waals surface area contributed by atoms with Crippen molar-refractivity contribution in [3.8, 4) is 5.69 Å². The van der Waals surface area contributed by atoms with E-state index in [0.29, 0.717) is 18.5 Å². The number of hydrogen-bond acceptors (Lipinski definition) is 8. The van der Waals surface area contributed by atoms with E-state index in [1.54, 1.807) is 15.6 Å². The Kier molecular flexibility index (Phi) is 8.30. The summed E-state index contributed by atoms with van der Waals surface area (Å²) in [5, 5.41) is 18.1. The first kappa shape index (κ1) is 28.2. The third-order valence-corrected chi connectivity index (χ3v) is 6.84. The summed E-state index contributed by atoms with van der Waals surface area (Å²) in [6.07, 6.45) is -1.70. The highest BCUT2D eigenvalue weighted by molar-refractivity contribution is 6.05. The number of nitrogens with one attached hydrogen (secondary N) is 1. The second kappa shape index (κ2) is 11.5. The van der Waals surface area contributed by atoms with Gasteiger partial charge in [0.25, 0.3) is 5.91 Å². The minimum absolute atomic E-state index is 0.174. The van der Waals surface area contributed by atoms with E-state index in [4.69, 9.17) is 9.90 Å². The standard InChI is InChI=1S/C22H27N7O3.C2HF3O2/c1-26-8-10-27(11-9-26)7-6-16-14-29(25-24-16)17-2-3-18-15(12-17)13-28(22(18)32)19-4-5-20(30)23-21(19)31;3-2(4,5)1(6)7/h2-3,12,14,19H,4-11,13H2,1H3,(H,23,30,31);(H,6,7). The molecule has 210 valence electrons. The van der Waals surface area contributed by atoms with E-state index in [-0.39, 0.29) is 18.2 Å². The molecule has 2 saturated heterocycles. The summed E-state index contributed by atoms with van der Waals surface area (Å²) >= 11 is 0. The zero-order valence-electron chi connectivity index (χ0n) is 21.1. The first-order valence-electron chi connectivity index (χ1n) is 12.3. The van der Waals surface area contributed by atoms with Gasteiger partial charge in [-0.3, -0.25) is 19.7 Å². The number of halogens is 3. The monoisotopic (exact) mass is 551 g/mol. The van der Waals surface area contributed by atoms with Crippen LogP contribution < -0.4 is 5.32 Å². The molecular weight excluding hydrogens is 523 g/mol. The van der Waals surface area contributed by atoms with Gasteiger partial charge in [0.2, 0.25) is 11.8 Å². The summed E-state index contributed by atoms with van der Waals surface area (Å²) in [5.41, 5.74) is 3.21. The maximum Gasteiger partial charge on any atom is 0.490 e. The first-order valence-corrected chi connectivity index (χ1v) is 12.3. The summed E-state index contributed by atoms with van der Waals surface area (Å²) in [5.74, 6) is -3.61. The van der Waals surface area contributed by atoms with Gasteiger partial charge in [-0.15, -0.1) is 5.10 Å². The Morgan fingerprint density at radius 3 is 2.49 bits per heavy atom. The number of imide groups is 1. The summed E-state index contributed by atoms with van der Waals surface area (Å²) in [7, 11) is 2.15. The van der Waals surface area contributed by atoms with Crippen molar-refractivity contribution in [1.29, 1.82) is 0 Å². The molecule has 1 aromatic carbocycles. The highest BCUT2D eigenvalue weighted by Gasteiger charge is 2.39. The molecule has 2 N–H and O–H groups in total. The van der Waals surface area contributed by atoms with Gasteiger partial charge < -0.3 is 19.8 Å². The molecule has 1 aromatic heterocycles. The minimum atomic E-state index is -5.08. The van der Waals surface area contributed by atoms with Crippen LogP contribution in [0.1, 0.15) is 34.5 Å². The van der Waals surface area contributed by atoms with Crippen LogP contribution >= 0.6 is 0 Å². The number of aliphatic carboxylic acids is 1. The van der Waals surface area contributed by atoms with Crippen molar-refractivity contribution < 1.29 is 37.5 Å². The third kappa shape index (κ3) is 6.78. The van der Waals surface area contributed by atoms with E-state index in [2.05, 4.69) is 32.5 Å². The van der Waals surface area contributed by atoms with Crippen molar-refractivity contribution in [3.63, 3.8) is 0 Å². The number of benzene rings is 1. The van der Waals surface area contributed by atoms with Crippen LogP contribution in [0.2, 0.25) is 0 Å². The molecule has 39 heavy (non-hydrogen) atoms. The zero-order valence-corrected chi connectivity index (χ0v) is 21.1. The summed E-state index contributed by atoms with van der Waals surface area (Å²) in [6.45, 7) is 5.65. The highest BCUT2D eigenvalue weighted by Crippen LogP contribution is 2.29. The summed E-state index contributed by atoms with van der Waals surface area (Å²) in [6, 6.07) is 4.95. The Labute approximate surface area is 221 Å². The zero-order chi connectivity index (χ0) is 28.3. The van der Waals surface area contributed by atoms with Gasteiger partial charge in [-0.25, -0.2) is 9.48 Å². The number of piperazine rings is 1. The number of aromatic nitrogens is 3. The van der Waals surface area contributed by atoms with E-state index in [0.717, 1.165) is 56.1 Å². The topological polar surface area (TPSA) is 141 Å². The number of carboxylic acids is 1. The van der Waals surface area contributed by atoms with Crippen molar-refractivity contribution >= 4 is 23.7 Å². The van der Waals surface area contributed by atoms with Gasteiger partial charge in [0.1, 0.15) is 6.04 Å². The first-order chi connectivity index (χ1) is 18.4. The molecule has 3 aliphatic heterocycles. The molecule has 4 heterocycles. The molecule has 2 fully saturated rings. The molecule has 12 nitrogen and oxygen atoms in total. The van der Waals surface area contributed by atoms with E-state index in [9.17, 15) is 27.6 Å². The Hall–Kier alpha value is -3.85. The fourth-order valence-electron chi connectivity index (χ4n) is 4.59. The Bertz CT molecular complexity index is 1260. The van der Waals surface area contributed by atoms with Gasteiger partial charge in [-0.1, -0.05) is 5.21 Å². The van der Waals surface area contributed by atoms with Crippen LogP contribution in [0.15, 0.2) is 24.4 Å². The number of nitrogens with zero attached hydrogens (tertiary/aromatic N) is 6. The molecule has 5 rings (SSSR count). The summed E-state index contributed by atoms with van der Waals surface area (Å²) < 4.78 is 33.5. The Balaban J connectivity index is 0.000000448. The van der Waals surface area contributed by atoms with Gasteiger partial charge in [-0.2, -0.15) is 13.2 Å². The normalized spacial score (nSPS) is 20.4. The molecule has 0 bridgehead atoms. The molecule has 1 unspecified atom stereocenters. The van der Waals surface area contributed by atoms with E-state index >= 15 is 0 Å². The molecule has 3 aliphatic rings. The lowest BCUT2D eigenvalue weighted by molar-refractivity contribution is -0.192. The Morgan fingerprint density at radius 1 is 1.15 bits per heavy atom. The van der Waals surface area contributed by atoms with Crippen LogP contribution in [0.3, 0.4) is 0 Å². The van der Waals surface area contributed by atoms with Gasteiger partial charge in [-0.05, 0) is 37.2 Å². The number of alkyl halides is 3. The average molecular weight is 552 g/mol. The molecule has 3 amide bonds. The molecule has 0 saturated carbocycles. The van der Waals surface area contributed by atoms with Gasteiger partial charge in [0, 0.05) is 57.7 Å². The Morgan fingerprint density at radius 2 is 1.85 bits per heavy atom. The van der Waals surface area contributed by atoms with Gasteiger partial charge in [0.05, 0.1) is 17.6 Å². The second-order valence-electron chi connectivity index (χ2n) is 9.59. The highest BCUT2D eigenvalue weighted by atomic mass is 19.4. The van der Waals surface area contributed by atoms with Crippen molar-refractivity contribution in [1.82, 2.24) is 35.0 Å². The summed E-state index contributed by atoms with van der Waals surface area (Å²) in [4.78, 5) is 51.7. The quantitative estimate of drug-likeness (QED) is 0.507. The molecule has 0 radical (unpaired) electrons. The van der Waals surface area contributed by atoms with Gasteiger partial charge >= 0.3 is 12.1 Å². The van der Waals surface area contributed by atoms with Crippen molar-refractivity contribution in [2.45, 2.75) is 38.0 Å². The van der Waals surface area contributed by atoms with Crippen LogP contribution in [0.25, 0.3) is 5.69 Å². The molecule has 0 spiro atoms. The maximum absolute atomic E-state index is 12.8. The predicted octanol–water partition coefficient (Wildman–Crippen LogP) is 0.452. The molecule has 0 aliphatic carbocycles.